The minimum atomic E-state index is -0.0656. The van der Waals surface area contributed by atoms with Crippen molar-refractivity contribution in [2.75, 3.05) is 0 Å². The van der Waals surface area contributed by atoms with E-state index in [0.717, 1.165) is 11.1 Å². The van der Waals surface area contributed by atoms with Gasteiger partial charge in [-0.05, 0) is 77.5 Å². The fraction of sp³-hybridized carbons (Fsp3) is 0.0667. The van der Waals surface area contributed by atoms with Gasteiger partial charge in [0.05, 0.1) is 6.61 Å². The molecule has 0 spiro atoms. The Morgan fingerprint density at radius 3 is 1.47 bits per heavy atom. The van der Waals surface area contributed by atoms with Crippen molar-refractivity contribution in [1.82, 2.24) is 0 Å². The Morgan fingerprint density at radius 2 is 1.06 bits per heavy atom. The van der Waals surface area contributed by atoms with Crippen molar-refractivity contribution in [2.45, 2.75) is 13.5 Å². The van der Waals surface area contributed by atoms with Crippen LogP contribution in [0.1, 0.15) is 42.5 Å². The minimum Gasteiger partial charge on any atom is -0.407 e. The van der Waals surface area contributed by atoms with Gasteiger partial charge < -0.3 is 9.84 Å². The highest BCUT2D eigenvalue weighted by atomic mass is 16.5. The van der Waals surface area contributed by atoms with Crippen LogP contribution in [0, 0.1) is 138 Å². The SMILES string of the molecule is C#CC#CC#CC#CC#CC#CC#CC#CC#CC#CC#COc1cc(C)cc(CO)c1.[HH].[HH].[HH].[HH].[HH].[HH].[HH].[HH].[HH].[HH].[HH].[HH].[HH].[HH].[HH].[HH].[HH].[HH].[HH].[HH].[HH].[HH]. The summed E-state index contributed by atoms with van der Waals surface area (Å²) in [5.74, 6) is 49.8. The summed E-state index contributed by atoms with van der Waals surface area (Å²) in [7, 11) is 0. The Hall–Kier alpha value is -5.86. The Kier molecular flexibility index (Phi) is 13.0. The van der Waals surface area contributed by atoms with E-state index in [0.29, 0.717) is 5.75 Å². The molecule has 0 fully saturated rings. The summed E-state index contributed by atoms with van der Waals surface area (Å²) in [6, 6.07) is 5.37. The van der Waals surface area contributed by atoms with Gasteiger partial charge in [-0.15, -0.1) is 6.42 Å². The third kappa shape index (κ3) is 13.3. The van der Waals surface area contributed by atoms with Crippen LogP contribution in [0.5, 0.6) is 5.75 Å². The van der Waals surface area contributed by atoms with E-state index in [9.17, 15) is 0 Å². The van der Waals surface area contributed by atoms with Crippen LogP contribution in [0.2, 0.25) is 0 Å². The molecule has 1 rings (SSSR count). The molecular weight excluding hydrogens is 392 g/mol. The van der Waals surface area contributed by atoms with Crippen LogP contribution in [0.3, 0.4) is 0 Å². The number of aliphatic hydroxyl groups is 1. The van der Waals surface area contributed by atoms with E-state index < -0.39 is 0 Å². The van der Waals surface area contributed by atoms with Crippen molar-refractivity contribution in [1.29, 1.82) is 0 Å². The number of terminal acetylenes is 1. The zero-order valence-electron chi connectivity index (χ0n) is 16.9. The molecule has 32 heavy (non-hydrogen) atoms. The number of aliphatic hydroxyl groups excluding tert-OH is 1. The van der Waals surface area contributed by atoms with Gasteiger partial charge in [0.15, 0.2) is 0 Å². The molecule has 0 aromatic heterocycles. The van der Waals surface area contributed by atoms with Crippen LogP contribution in [-0.4, -0.2) is 5.11 Å². The van der Waals surface area contributed by atoms with Crippen LogP contribution in [0.15, 0.2) is 18.2 Å². The third-order valence-corrected chi connectivity index (χ3v) is 2.71. The topological polar surface area (TPSA) is 29.5 Å². The zero-order valence-corrected chi connectivity index (χ0v) is 16.9. The van der Waals surface area contributed by atoms with Crippen LogP contribution >= 0.6 is 0 Å². The van der Waals surface area contributed by atoms with E-state index in [-0.39, 0.29) is 38.0 Å². The van der Waals surface area contributed by atoms with Gasteiger partial charge in [0.25, 0.3) is 0 Å². The van der Waals surface area contributed by atoms with Crippen molar-refractivity contribution in [3.05, 3.63) is 29.3 Å². The average Bonchev–Trinajstić information content (AvgIpc) is 2.79. The fourth-order valence-corrected chi connectivity index (χ4v) is 1.65. The predicted octanol–water partition coefficient (Wildman–Crippen LogP) is 6.90. The van der Waals surface area contributed by atoms with E-state index in [1.165, 1.54) is 0 Å². The summed E-state index contributed by atoms with van der Waals surface area (Å²) < 4.78 is 5.25. The standard InChI is InChI=1S/C30H10O2.22H2/c1-3-4-5-6-7-8-9-10-11-12-13-14-15-16-17-18-19-20-21-22-23-32-30-25-28(2)24-29(26-30)27-31;;;;;;;;;;;;;;;;;;;;;;/h1,24-26,31H,27H2,2H3;22*1H. The maximum atomic E-state index is 9.16. The molecule has 0 saturated heterocycles. The predicted molar refractivity (Wildman–Crippen MR) is 171 cm³/mol. The van der Waals surface area contributed by atoms with Gasteiger partial charge in [-0.2, -0.15) is 0 Å². The van der Waals surface area contributed by atoms with Gasteiger partial charge in [-0.25, -0.2) is 0 Å². The quantitative estimate of drug-likeness (QED) is 0.500. The number of benzene rings is 1. The molecule has 0 bridgehead atoms. The summed E-state index contributed by atoms with van der Waals surface area (Å²) >= 11 is 0. The van der Waals surface area contributed by atoms with E-state index in [1.54, 1.807) is 12.1 Å². The van der Waals surface area contributed by atoms with Crippen LogP contribution in [0.25, 0.3) is 0 Å². The number of hydrogen-bond donors (Lipinski definition) is 1. The number of hydrogen-bond acceptors (Lipinski definition) is 2. The van der Waals surface area contributed by atoms with E-state index in [2.05, 4.69) is 125 Å². The lowest BCUT2D eigenvalue weighted by molar-refractivity contribution is 0.281. The lowest BCUT2D eigenvalue weighted by atomic mass is 10.1. The Balaban J connectivity index is -0.0000000233. The zero-order chi connectivity index (χ0) is 23.1. The van der Waals surface area contributed by atoms with Crippen molar-refractivity contribution < 1.29 is 41.2 Å². The second-order valence-electron chi connectivity index (χ2n) is 5.04. The van der Waals surface area contributed by atoms with Crippen molar-refractivity contribution in [3.63, 3.8) is 0 Å². The number of ether oxygens (including phenoxy) is 1. The lowest BCUT2D eigenvalue weighted by Crippen LogP contribution is -1.89. The van der Waals surface area contributed by atoms with Gasteiger partial charge in [-0.1, -0.05) is 6.07 Å². The third-order valence-electron chi connectivity index (χ3n) is 2.71. The van der Waals surface area contributed by atoms with Crippen LogP contribution in [-0.2, 0) is 6.61 Å². The van der Waals surface area contributed by atoms with Gasteiger partial charge in [-0.3, -0.25) is 0 Å². The molecule has 1 aromatic carbocycles. The molecule has 0 aliphatic carbocycles. The lowest BCUT2D eigenvalue weighted by Gasteiger charge is -2.02. The molecule has 0 aliphatic heterocycles. The number of aryl methyl sites for hydroxylation is 1. The molecule has 0 radical (unpaired) electrons. The van der Waals surface area contributed by atoms with Gasteiger partial charge in [0, 0.05) is 102 Å². The van der Waals surface area contributed by atoms with Crippen molar-refractivity contribution in [3.8, 4) is 137 Å². The molecule has 1 aromatic rings. The molecule has 0 unspecified atom stereocenters. The average molecular weight is 447 g/mol. The molecule has 2 heteroatoms. The molecule has 1 N–H and O–H groups in total. The summed E-state index contributed by atoms with van der Waals surface area (Å²) in [5.41, 5.74) is 1.71. The van der Waals surface area contributed by atoms with Crippen LogP contribution in [0.4, 0.5) is 0 Å². The van der Waals surface area contributed by atoms with Gasteiger partial charge in [0.1, 0.15) is 11.9 Å². The molecule has 0 amide bonds. The molecule has 0 aliphatic rings. The highest BCUT2D eigenvalue weighted by Crippen LogP contribution is 2.16. The highest BCUT2D eigenvalue weighted by Gasteiger charge is 1.97. The minimum absolute atomic E-state index is 0. The maximum absolute atomic E-state index is 9.16. The first-order valence-corrected chi connectivity index (χ1v) is 8.60. The monoisotopic (exact) mass is 446 g/mol. The summed E-state index contributed by atoms with van der Waals surface area (Å²) in [6.45, 7) is 1.83. The van der Waals surface area contributed by atoms with Gasteiger partial charge >= 0.3 is 0 Å². The van der Waals surface area contributed by atoms with E-state index >= 15 is 0 Å². The molecular formula is C30H54O2. The second kappa shape index (κ2) is 17.3. The molecule has 0 saturated carbocycles. The van der Waals surface area contributed by atoms with Gasteiger partial charge in [0.2, 0.25) is 0 Å². The second-order valence-corrected chi connectivity index (χ2v) is 5.04. The largest absolute Gasteiger partial charge is 0.407 e. The Bertz CT molecular complexity index is 1600. The molecule has 0 atom stereocenters. The van der Waals surface area contributed by atoms with Crippen molar-refractivity contribution in [2.24, 2.45) is 0 Å². The Labute approximate surface area is 222 Å². The first kappa shape index (κ1) is 24.2. The molecule has 0 heterocycles. The summed E-state index contributed by atoms with van der Waals surface area (Å²) in [4.78, 5) is 0. The first-order chi connectivity index (χ1) is 15.8. The number of rotatable bonds is 2. The Morgan fingerprint density at radius 1 is 0.656 bits per heavy atom. The van der Waals surface area contributed by atoms with Crippen LogP contribution < -0.4 is 4.74 Å². The smallest absolute Gasteiger partial charge is 0.140 e. The first-order valence-electron chi connectivity index (χ1n) is 8.60. The molecule has 186 valence electrons. The maximum Gasteiger partial charge on any atom is 0.140 e. The summed E-state index contributed by atoms with van der Waals surface area (Å²) in [6.07, 6.45) is 7.38. The summed E-state index contributed by atoms with van der Waals surface area (Å²) in [5, 5.41) is 9.16. The van der Waals surface area contributed by atoms with E-state index in [1.807, 2.05) is 13.0 Å². The normalized spacial score (nSPS) is 5.91. The molecule has 2 nitrogen and oxygen atoms in total. The van der Waals surface area contributed by atoms with E-state index in [4.69, 9.17) is 16.3 Å². The van der Waals surface area contributed by atoms with Crippen molar-refractivity contribution >= 4 is 0 Å². The highest BCUT2D eigenvalue weighted by molar-refractivity contribution is 5.47. The fourth-order valence-electron chi connectivity index (χ4n) is 1.65.